The van der Waals surface area contributed by atoms with Crippen LogP contribution in [0.3, 0.4) is 0 Å². The van der Waals surface area contributed by atoms with Crippen LogP contribution in [-0.4, -0.2) is 19.5 Å². The average Bonchev–Trinajstić information content (AvgIpc) is 2.61. The molecule has 0 radical (unpaired) electrons. The van der Waals surface area contributed by atoms with Gasteiger partial charge >= 0.3 is 0 Å². The predicted octanol–water partition coefficient (Wildman–Crippen LogP) is 1.91. The van der Waals surface area contributed by atoms with Crippen LogP contribution >= 0.6 is 0 Å². The largest absolute Gasteiger partial charge is 0.350 e. The smallest absolute Gasteiger partial charge is 0.161 e. The van der Waals surface area contributed by atoms with Gasteiger partial charge in [-0.3, -0.25) is 0 Å². The van der Waals surface area contributed by atoms with Crippen molar-refractivity contribution in [3.05, 3.63) is 35.4 Å². The van der Waals surface area contributed by atoms with Gasteiger partial charge in [0.25, 0.3) is 0 Å². The first-order valence-corrected chi connectivity index (χ1v) is 4.64. The summed E-state index contributed by atoms with van der Waals surface area (Å²) in [5.74, 6) is 0. The minimum Gasteiger partial charge on any atom is -0.350 e. The molecule has 1 aliphatic rings. The molecule has 1 aromatic carbocycles. The topological polar surface area (TPSA) is 18.5 Å². The fraction of sp³-hybridized carbons (Fsp3) is 0.455. The van der Waals surface area contributed by atoms with Gasteiger partial charge in [-0.25, -0.2) is 0 Å². The van der Waals surface area contributed by atoms with Crippen LogP contribution in [0, 0.1) is 6.92 Å². The first kappa shape index (κ1) is 8.73. The Bertz CT molecular complexity index is 277. The molecule has 1 fully saturated rings. The van der Waals surface area contributed by atoms with Crippen molar-refractivity contribution in [1.29, 1.82) is 0 Å². The first-order valence-electron chi connectivity index (χ1n) is 4.64. The quantitative estimate of drug-likeness (QED) is 0.688. The van der Waals surface area contributed by atoms with Crippen molar-refractivity contribution in [2.45, 2.75) is 19.6 Å². The van der Waals surface area contributed by atoms with E-state index in [9.17, 15) is 0 Å². The third-order valence-electron chi connectivity index (χ3n) is 2.34. The highest BCUT2D eigenvalue weighted by Gasteiger charge is 2.16. The molecule has 0 unspecified atom stereocenters. The summed E-state index contributed by atoms with van der Waals surface area (Å²) >= 11 is 0. The van der Waals surface area contributed by atoms with Gasteiger partial charge in [-0.1, -0.05) is 24.3 Å². The number of hydrogen-bond acceptors (Lipinski definition) is 2. The zero-order valence-electron chi connectivity index (χ0n) is 7.82. The van der Waals surface area contributed by atoms with Gasteiger partial charge in [0.1, 0.15) is 0 Å². The monoisotopic (exact) mass is 178 g/mol. The highest BCUT2D eigenvalue weighted by molar-refractivity contribution is 5.25. The number of benzene rings is 1. The molecule has 2 heteroatoms. The summed E-state index contributed by atoms with van der Waals surface area (Å²) < 4.78 is 10.8. The van der Waals surface area contributed by atoms with Gasteiger partial charge in [-0.15, -0.1) is 0 Å². The highest BCUT2D eigenvalue weighted by Crippen LogP contribution is 2.14. The maximum absolute atomic E-state index is 5.39. The summed E-state index contributed by atoms with van der Waals surface area (Å²) in [4.78, 5) is 0. The van der Waals surface area contributed by atoms with Gasteiger partial charge in [-0.2, -0.15) is 0 Å². The lowest BCUT2D eigenvalue weighted by Gasteiger charge is -2.10. The van der Waals surface area contributed by atoms with E-state index in [2.05, 4.69) is 31.2 Å². The van der Waals surface area contributed by atoms with E-state index in [-0.39, 0.29) is 6.29 Å². The molecule has 0 aliphatic carbocycles. The Kier molecular flexibility index (Phi) is 2.62. The zero-order chi connectivity index (χ0) is 9.10. The van der Waals surface area contributed by atoms with Crippen molar-refractivity contribution >= 4 is 0 Å². The van der Waals surface area contributed by atoms with E-state index >= 15 is 0 Å². The van der Waals surface area contributed by atoms with Crippen LogP contribution in [-0.2, 0) is 15.9 Å². The SMILES string of the molecule is Cc1ccccc1CC1OCCO1. The summed E-state index contributed by atoms with van der Waals surface area (Å²) in [5, 5.41) is 0. The summed E-state index contributed by atoms with van der Waals surface area (Å²) in [5.41, 5.74) is 2.62. The van der Waals surface area contributed by atoms with E-state index in [1.807, 2.05) is 0 Å². The Morgan fingerprint density at radius 3 is 2.62 bits per heavy atom. The summed E-state index contributed by atoms with van der Waals surface area (Å²) in [6.45, 7) is 3.58. The molecule has 1 saturated heterocycles. The maximum Gasteiger partial charge on any atom is 0.161 e. The van der Waals surface area contributed by atoms with E-state index in [0.717, 1.165) is 19.6 Å². The summed E-state index contributed by atoms with van der Waals surface area (Å²) in [7, 11) is 0. The first-order chi connectivity index (χ1) is 6.36. The average molecular weight is 178 g/mol. The molecule has 1 heterocycles. The summed E-state index contributed by atoms with van der Waals surface area (Å²) in [6.07, 6.45) is 0.841. The van der Waals surface area contributed by atoms with Crippen LogP contribution in [0.4, 0.5) is 0 Å². The lowest BCUT2D eigenvalue weighted by molar-refractivity contribution is -0.0400. The number of ether oxygens (including phenoxy) is 2. The third kappa shape index (κ3) is 2.08. The van der Waals surface area contributed by atoms with Gasteiger partial charge in [0.2, 0.25) is 0 Å². The fourth-order valence-electron chi connectivity index (χ4n) is 1.54. The molecule has 0 amide bonds. The van der Waals surface area contributed by atoms with Crippen LogP contribution in [0.1, 0.15) is 11.1 Å². The van der Waals surface area contributed by atoms with E-state index < -0.39 is 0 Å². The minimum atomic E-state index is -0.0268. The van der Waals surface area contributed by atoms with E-state index in [1.165, 1.54) is 11.1 Å². The highest BCUT2D eigenvalue weighted by atomic mass is 16.7. The minimum absolute atomic E-state index is 0.0268. The molecule has 0 atom stereocenters. The molecule has 0 N–H and O–H groups in total. The lowest BCUT2D eigenvalue weighted by Crippen LogP contribution is -2.11. The summed E-state index contributed by atoms with van der Waals surface area (Å²) in [6, 6.07) is 8.34. The van der Waals surface area contributed by atoms with Gasteiger partial charge < -0.3 is 9.47 Å². The van der Waals surface area contributed by atoms with E-state index in [1.54, 1.807) is 0 Å². The van der Waals surface area contributed by atoms with Crippen molar-refractivity contribution in [3.63, 3.8) is 0 Å². The standard InChI is InChI=1S/C11H14O2/c1-9-4-2-3-5-10(9)8-11-12-6-7-13-11/h2-5,11H,6-8H2,1H3. The van der Waals surface area contributed by atoms with Crippen LogP contribution in [0.15, 0.2) is 24.3 Å². The van der Waals surface area contributed by atoms with Crippen molar-refractivity contribution in [1.82, 2.24) is 0 Å². The third-order valence-corrected chi connectivity index (χ3v) is 2.34. The van der Waals surface area contributed by atoms with E-state index in [4.69, 9.17) is 9.47 Å². The number of hydrogen-bond donors (Lipinski definition) is 0. The number of rotatable bonds is 2. The molecular weight excluding hydrogens is 164 g/mol. The molecule has 0 saturated carbocycles. The lowest BCUT2D eigenvalue weighted by atomic mass is 10.1. The fourth-order valence-corrected chi connectivity index (χ4v) is 1.54. The second kappa shape index (κ2) is 3.90. The molecule has 2 nitrogen and oxygen atoms in total. The van der Waals surface area contributed by atoms with E-state index in [0.29, 0.717) is 0 Å². The van der Waals surface area contributed by atoms with Gasteiger partial charge in [0.15, 0.2) is 6.29 Å². The van der Waals surface area contributed by atoms with Gasteiger partial charge in [0, 0.05) is 6.42 Å². The molecule has 0 bridgehead atoms. The molecule has 0 aromatic heterocycles. The molecule has 2 rings (SSSR count). The molecule has 13 heavy (non-hydrogen) atoms. The number of aryl methyl sites for hydroxylation is 1. The Balaban J connectivity index is 2.04. The molecule has 0 spiro atoms. The van der Waals surface area contributed by atoms with Crippen molar-refractivity contribution in [3.8, 4) is 0 Å². The second-order valence-corrected chi connectivity index (χ2v) is 3.30. The van der Waals surface area contributed by atoms with Crippen LogP contribution in [0.5, 0.6) is 0 Å². The molecular formula is C11H14O2. The zero-order valence-corrected chi connectivity index (χ0v) is 7.82. The van der Waals surface area contributed by atoms with Crippen molar-refractivity contribution < 1.29 is 9.47 Å². The maximum atomic E-state index is 5.39. The van der Waals surface area contributed by atoms with Crippen molar-refractivity contribution in [2.75, 3.05) is 13.2 Å². The normalized spacial score (nSPS) is 17.9. The Morgan fingerprint density at radius 2 is 1.92 bits per heavy atom. The molecule has 1 aliphatic heterocycles. The Morgan fingerprint density at radius 1 is 1.23 bits per heavy atom. The predicted molar refractivity (Wildman–Crippen MR) is 50.6 cm³/mol. The van der Waals surface area contributed by atoms with Crippen LogP contribution in [0.2, 0.25) is 0 Å². The van der Waals surface area contributed by atoms with Crippen LogP contribution < -0.4 is 0 Å². The second-order valence-electron chi connectivity index (χ2n) is 3.30. The van der Waals surface area contributed by atoms with Crippen LogP contribution in [0.25, 0.3) is 0 Å². The van der Waals surface area contributed by atoms with Crippen molar-refractivity contribution in [2.24, 2.45) is 0 Å². The van der Waals surface area contributed by atoms with Gasteiger partial charge in [0.05, 0.1) is 13.2 Å². The van der Waals surface area contributed by atoms with Gasteiger partial charge in [-0.05, 0) is 18.1 Å². The Labute approximate surface area is 78.5 Å². The Hall–Kier alpha value is -0.860. The molecule has 70 valence electrons. The molecule has 1 aromatic rings.